The lowest BCUT2D eigenvalue weighted by atomic mass is 9.97. The van der Waals surface area contributed by atoms with Gasteiger partial charge in [0.25, 0.3) is 0 Å². The molecule has 0 saturated heterocycles. The molecule has 1 atom stereocenters. The highest BCUT2D eigenvalue weighted by molar-refractivity contribution is 5.37. The van der Waals surface area contributed by atoms with Crippen molar-refractivity contribution in [2.24, 2.45) is 0 Å². The minimum absolute atomic E-state index is 0.144. The molecule has 0 radical (unpaired) electrons. The smallest absolute Gasteiger partial charge is 0.135 e. The lowest BCUT2D eigenvalue weighted by Gasteiger charge is -2.15. The van der Waals surface area contributed by atoms with Crippen molar-refractivity contribution in [3.8, 4) is 0 Å². The Balaban J connectivity index is 2.55. The number of hydrogen-bond acceptors (Lipinski definition) is 1. The molecule has 106 valence electrons. The molecule has 0 saturated carbocycles. The maximum absolute atomic E-state index is 13.6. The van der Waals surface area contributed by atoms with Crippen LogP contribution in [0.1, 0.15) is 28.4 Å². The van der Waals surface area contributed by atoms with E-state index in [1.54, 1.807) is 0 Å². The van der Waals surface area contributed by atoms with Crippen molar-refractivity contribution in [1.29, 1.82) is 0 Å². The van der Waals surface area contributed by atoms with Gasteiger partial charge in [-0.25, -0.2) is 17.6 Å². The summed E-state index contributed by atoms with van der Waals surface area (Å²) < 4.78 is 53.6. The van der Waals surface area contributed by atoms with Crippen molar-refractivity contribution in [1.82, 2.24) is 0 Å². The first kappa shape index (κ1) is 14.5. The summed E-state index contributed by atoms with van der Waals surface area (Å²) in [5.41, 5.74) is -0.00780. The number of aliphatic hydroxyl groups excluding tert-OH is 1. The fourth-order valence-electron chi connectivity index (χ4n) is 2.12. The third-order valence-electron chi connectivity index (χ3n) is 3.09. The molecular formula is C15H12F4O. The van der Waals surface area contributed by atoms with E-state index in [9.17, 15) is 22.7 Å². The quantitative estimate of drug-likeness (QED) is 0.828. The van der Waals surface area contributed by atoms with Gasteiger partial charge in [0.1, 0.15) is 29.4 Å². The summed E-state index contributed by atoms with van der Waals surface area (Å²) >= 11 is 0. The zero-order valence-corrected chi connectivity index (χ0v) is 10.8. The summed E-state index contributed by atoms with van der Waals surface area (Å²) in [5.74, 6) is -3.88. The van der Waals surface area contributed by atoms with Gasteiger partial charge in [-0.1, -0.05) is 12.1 Å². The Morgan fingerprint density at radius 2 is 1.30 bits per heavy atom. The molecule has 20 heavy (non-hydrogen) atoms. The largest absolute Gasteiger partial charge is 0.383 e. The maximum atomic E-state index is 13.6. The monoisotopic (exact) mass is 284 g/mol. The van der Waals surface area contributed by atoms with E-state index in [0.717, 1.165) is 0 Å². The summed E-state index contributed by atoms with van der Waals surface area (Å²) in [6.45, 7) is 2.96. The van der Waals surface area contributed by atoms with E-state index in [0.29, 0.717) is 12.1 Å². The molecule has 2 rings (SSSR count). The Labute approximate surface area is 113 Å². The summed E-state index contributed by atoms with van der Waals surface area (Å²) in [5, 5.41) is 10.1. The molecule has 0 fully saturated rings. The van der Waals surface area contributed by atoms with Crippen LogP contribution < -0.4 is 0 Å². The van der Waals surface area contributed by atoms with E-state index in [-0.39, 0.29) is 16.7 Å². The van der Waals surface area contributed by atoms with Gasteiger partial charge >= 0.3 is 0 Å². The van der Waals surface area contributed by atoms with Gasteiger partial charge in [-0.15, -0.1) is 0 Å². The first-order chi connectivity index (χ1) is 9.31. The van der Waals surface area contributed by atoms with E-state index < -0.39 is 34.9 Å². The minimum atomic E-state index is -1.63. The van der Waals surface area contributed by atoms with Crippen molar-refractivity contribution in [3.05, 3.63) is 69.8 Å². The molecule has 1 N–H and O–H groups in total. The third kappa shape index (κ3) is 2.54. The molecule has 0 bridgehead atoms. The SMILES string of the molecule is Cc1cc(C(O)c2c(F)cc(F)cc2F)cc(C)c1F. The van der Waals surface area contributed by atoms with Gasteiger partial charge in [0.15, 0.2) is 0 Å². The van der Waals surface area contributed by atoms with Crippen LogP contribution in [0.3, 0.4) is 0 Å². The van der Waals surface area contributed by atoms with Gasteiger partial charge < -0.3 is 5.11 Å². The summed E-state index contributed by atoms with van der Waals surface area (Å²) in [7, 11) is 0. The fraction of sp³-hybridized carbons (Fsp3) is 0.200. The summed E-state index contributed by atoms with van der Waals surface area (Å²) in [6.07, 6.45) is -1.63. The van der Waals surface area contributed by atoms with Gasteiger partial charge in [-0.3, -0.25) is 0 Å². The topological polar surface area (TPSA) is 20.2 Å². The molecular weight excluding hydrogens is 272 g/mol. The van der Waals surface area contributed by atoms with E-state index >= 15 is 0 Å². The van der Waals surface area contributed by atoms with Crippen LogP contribution in [0.25, 0.3) is 0 Å². The van der Waals surface area contributed by atoms with Crippen LogP contribution in [-0.4, -0.2) is 5.11 Å². The Morgan fingerprint density at radius 1 is 0.850 bits per heavy atom. The Morgan fingerprint density at radius 3 is 1.75 bits per heavy atom. The normalized spacial score (nSPS) is 12.6. The fourth-order valence-corrected chi connectivity index (χ4v) is 2.12. The lowest BCUT2D eigenvalue weighted by Crippen LogP contribution is -2.08. The highest BCUT2D eigenvalue weighted by Crippen LogP contribution is 2.29. The molecule has 2 aromatic rings. The van der Waals surface area contributed by atoms with Gasteiger partial charge in [-0.05, 0) is 30.5 Å². The van der Waals surface area contributed by atoms with Crippen molar-refractivity contribution in [2.45, 2.75) is 20.0 Å². The zero-order chi connectivity index (χ0) is 15.0. The number of aryl methyl sites for hydroxylation is 2. The minimum Gasteiger partial charge on any atom is -0.383 e. The van der Waals surface area contributed by atoms with Crippen molar-refractivity contribution < 1.29 is 22.7 Å². The molecule has 0 heterocycles. The van der Waals surface area contributed by atoms with Crippen LogP contribution in [0.5, 0.6) is 0 Å². The molecule has 0 aliphatic heterocycles. The molecule has 1 nitrogen and oxygen atoms in total. The van der Waals surface area contributed by atoms with Crippen LogP contribution in [0, 0.1) is 37.1 Å². The highest BCUT2D eigenvalue weighted by atomic mass is 19.1. The second kappa shape index (κ2) is 5.25. The number of rotatable bonds is 2. The first-order valence-corrected chi connectivity index (χ1v) is 5.90. The molecule has 2 aromatic carbocycles. The highest BCUT2D eigenvalue weighted by Gasteiger charge is 2.22. The standard InChI is InChI=1S/C15H12F4O/c1-7-3-9(4-8(2)14(7)19)15(20)13-11(17)5-10(16)6-12(13)18/h3-6,15,20H,1-2H3. The van der Waals surface area contributed by atoms with E-state index in [1.807, 2.05) is 0 Å². The average molecular weight is 284 g/mol. The average Bonchev–Trinajstić information content (AvgIpc) is 2.33. The van der Waals surface area contributed by atoms with E-state index in [2.05, 4.69) is 0 Å². The van der Waals surface area contributed by atoms with Gasteiger partial charge in [-0.2, -0.15) is 0 Å². The molecule has 0 amide bonds. The van der Waals surface area contributed by atoms with E-state index in [4.69, 9.17) is 0 Å². The number of halogens is 4. The number of hydrogen-bond donors (Lipinski definition) is 1. The predicted molar refractivity (Wildman–Crippen MR) is 66.3 cm³/mol. The summed E-state index contributed by atoms with van der Waals surface area (Å²) in [4.78, 5) is 0. The van der Waals surface area contributed by atoms with Crippen LogP contribution in [0.4, 0.5) is 17.6 Å². The van der Waals surface area contributed by atoms with Crippen molar-refractivity contribution >= 4 is 0 Å². The van der Waals surface area contributed by atoms with Crippen molar-refractivity contribution in [2.75, 3.05) is 0 Å². The van der Waals surface area contributed by atoms with Crippen LogP contribution >= 0.6 is 0 Å². The first-order valence-electron chi connectivity index (χ1n) is 5.90. The van der Waals surface area contributed by atoms with Gasteiger partial charge in [0.05, 0.1) is 5.56 Å². The molecule has 0 aromatic heterocycles. The maximum Gasteiger partial charge on any atom is 0.135 e. The predicted octanol–water partition coefficient (Wildman–Crippen LogP) is 3.94. The molecule has 0 aliphatic carbocycles. The molecule has 5 heteroatoms. The Bertz CT molecular complexity index is 621. The van der Waals surface area contributed by atoms with E-state index in [1.165, 1.54) is 26.0 Å². The molecule has 0 spiro atoms. The molecule has 1 unspecified atom stereocenters. The van der Waals surface area contributed by atoms with Crippen LogP contribution in [0.2, 0.25) is 0 Å². The second-order valence-corrected chi connectivity index (χ2v) is 4.65. The third-order valence-corrected chi connectivity index (χ3v) is 3.09. The Hall–Kier alpha value is -1.88. The number of aliphatic hydroxyl groups is 1. The zero-order valence-electron chi connectivity index (χ0n) is 10.8. The summed E-state index contributed by atoms with van der Waals surface area (Å²) in [6, 6.07) is 3.58. The van der Waals surface area contributed by atoms with Crippen LogP contribution in [0.15, 0.2) is 24.3 Å². The van der Waals surface area contributed by atoms with Gasteiger partial charge in [0.2, 0.25) is 0 Å². The number of benzene rings is 2. The second-order valence-electron chi connectivity index (χ2n) is 4.65. The van der Waals surface area contributed by atoms with Crippen LogP contribution in [-0.2, 0) is 0 Å². The van der Waals surface area contributed by atoms with Gasteiger partial charge in [0, 0.05) is 12.1 Å². The molecule has 0 aliphatic rings. The Kier molecular flexibility index (Phi) is 3.81. The lowest BCUT2D eigenvalue weighted by molar-refractivity contribution is 0.208. The van der Waals surface area contributed by atoms with Crippen molar-refractivity contribution in [3.63, 3.8) is 0 Å².